The first kappa shape index (κ1) is 11.8. The molecule has 1 rings (SSSR count). The lowest BCUT2D eigenvalue weighted by atomic mass is 10.2. The van der Waals surface area contributed by atoms with Crippen LogP contribution in [0.4, 0.5) is 0 Å². The molecule has 3 nitrogen and oxygen atoms in total. The van der Waals surface area contributed by atoms with Gasteiger partial charge < -0.3 is 10.2 Å². The van der Waals surface area contributed by atoms with E-state index in [2.05, 4.69) is 11.5 Å². The van der Waals surface area contributed by atoms with Crippen molar-refractivity contribution in [3.05, 3.63) is 42.5 Å². The molecule has 2 N–H and O–H groups in total. The summed E-state index contributed by atoms with van der Waals surface area (Å²) in [4.78, 5) is 2.06. The summed E-state index contributed by atoms with van der Waals surface area (Å²) in [6, 6.07) is 7.14. The predicted octanol–water partition coefficient (Wildman–Crippen LogP) is 1.37. The maximum atomic E-state index is 9.30. The van der Waals surface area contributed by atoms with Crippen LogP contribution < -0.4 is 0 Å². The zero-order chi connectivity index (χ0) is 11.1. The highest BCUT2D eigenvalue weighted by Gasteiger charge is 2.03. The minimum absolute atomic E-state index is 0.132. The van der Waals surface area contributed by atoms with Crippen molar-refractivity contribution in [2.75, 3.05) is 19.7 Å². The van der Waals surface area contributed by atoms with Gasteiger partial charge in [0.2, 0.25) is 0 Å². The summed E-state index contributed by atoms with van der Waals surface area (Å²) in [6.45, 7) is 5.86. The number of phenols is 1. The second-order valence-corrected chi connectivity index (χ2v) is 3.42. The molecule has 1 aromatic rings. The van der Waals surface area contributed by atoms with E-state index in [1.54, 1.807) is 18.2 Å². The molecule has 3 heteroatoms. The van der Waals surface area contributed by atoms with Crippen molar-refractivity contribution in [2.45, 2.75) is 6.54 Å². The van der Waals surface area contributed by atoms with Crippen LogP contribution >= 0.6 is 0 Å². The van der Waals surface area contributed by atoms with Gasteiger partial charge in [-0.1, -0.05) is 18.2 Å². The average Bonchev–Trinajstić information content (AvgIpc) is 2.18. The minimum Gasteiger partial charge on any atom is -0.508 e. The molecule has 0 heterocycles. The molecule has 0 fully saturated rings. The molecule has 0 aliphatic carbocycles. The lowest BCUT2D eigenvalue weighted by Gasteiger charge is -2.19. The molecule has 82 valence electrons. The lowest BCUT2D eigenvalue weighted by Crippen LogP contribution is -2.26. The quantitative estimate of drug-likeness (QED) is 0.692. The second-order valence-electron chi connectivity index (χ2n) is 3.42. The summed E-state index contributed by atoms with van der Waals surface area (Å²) in [6.07, 6.45) is 1.80. The lowest BCUT2D eigenvalue weighted by molar-refractivity contribution is 0.203. The van der Waals surface area contributed by atoms with Gasteiger partial charge in [0.05, 0.1) is 6.61 Å². The number of nitrogens with zero attached hydrogens (tertiary/aromatic N) is 1. The summed E-state index contributed by atoms with van der Waals surface area (Å²) in [5.41, 5.74) is 1.03. The number of rotatable bonds is 6. The molecule has 0 spiro atoms. The molecule has 0 unspecified atom stereocenters. The first-order valence-corrected chi connectivity index (χ1v) is 4.98. The van der Waals surface area contributed by atoms with Crippen molar-refractivity contribution in [2.24, 2.45) is 0 Å². The van der Waals surface area contributed by atoms with Crippen molar-refractivity contribution >= 4 is 0 Å². The Morgan fingerprint density at radius 1 is 1.40 bits per heavy atom. The van der Waals surface area contributed by atoms with Crippen molar-refractivity contribution in [1.29, 1.82) is 0 Å². The highest BCUT2D eigenvalue weighted by atomic mass is 16.3. The standard InChI is InChI=1S/C12H17NO2/c1-2-6-13(7-8-14)10-11-4-3-5-12(15)9-11/h2-5,9,14-15H,1,6-8,10H2. The molecular weight excluding hydrogens is 190 g/mol. The van der Waals surface area contributed by atoms with E-state index in [0.29, 0.717) is 13.1 Å². The molecule has 15 heavy (non-hydrogen) atoms. The van der Waals surface area contributed by atoms with Gasteiger partial charge in [-0.25, -0.2) is 0 Å². The van der Waals surface area contributed by atoms with E-state index in [1.165, 1.54) is 0 Å². The van der Waals surface area contributed by atoms with E-state index in [1.807, 2.05) is 12.1 Å². The Kier molecular flexibility index (Phi) is 4.87. The third-order valence-corrected chi connectivity index (χ3v) is 2.12. The molecule has 0 aromatic heterocycles. The summed E-state index contributed by atoms with van der Waals surface area (Å²) in [5.74, 6) is 0.273. The van der Waals surface area contributed by atoms with E-state index < -0.39 is 0 Å². The van der Waals surface area contributed by atoms with Gasteiger partial charge in [0.15, 0.2) is 0 Å². The number of benzene rings is 1. The number of aliphatic hydroxyl groups excluding tert-OH is 1. The number of aliphatic hydroxyl groups is 1. The SMILES string of the molecule is C=CCN(CCO)Cc1cccc(O)c1. The topological polar surface area (TPSA) is 43.7 Å². The first-order valence-electron chi connectivity index (χ1n) is 4.98. The smallest absolute Gasteiger partial charge is 0.115 e. The molecule has 0 bridgehead atoms. The maximum Gasteiger partial charge on any atom is 0.115 e. The van der Waals surface area contributed by atoms with Crippen molar-refractivity contribution in [1.82, 2.24) is 4.90 Å². The molecule has 0 saturated carbocycles. The Balaban J connectivity index is 2.60. The van der Waals surface area contributed by atoms with Crippen LogP contribution in [-0.2, 0) is 6.54 Å². The number of aromatic hydroxyl groups is 1. The Morgan fingerprint density at radius 3 is 2.80 bits per heavy atom. The third kappa shape index (κ3) is 4.14. The molecule has 0 radical (unpaired) electrons. The molecule has 0 aliphatic heterocycles. The van der Waals surface area contributed by atoms with Crippen LogP contribution in [0.3, 0.4) is 0 Å². The minimum atomic E-state index is 0.132. The van der Waals surface area contributed by atoms with Crippen LogP contribution in [0.2, 0.25) is 0 Å². The predicted molar refractivity (Wildman–Crippen MR) is 60.7 cm³/mol. The molecule has 1 aromatic carbocycles. The van der Waals surface area contributed by atoms with Crippen LogP contribution in [-0.4, -0.2) is 34.8 Å². The Labute approximate surface area is 90.3 Å². The zero-order valence-corrected chi connectivity index (χ0v) is 8.76. The van der Waals surface area contributed by atoms with E-state index in [-0.39, 0.29) is 12.4 Å². The highest BCUT2D eigenvalue weighted by molar-refractivity contribution is 5.27. The number of phenolic OH excluding ortho intramolecular Hbond substituents is 1. The molecule has 0 saturated heterocycles. The Hall–Kier alpha value is -1.32. The van der Waals surface area contributed by atoms with Crippen molar-refractivity contribution in [3.8, 4) is 5.75 Å². The van der Waals surface area contributed by atoms with Gasteiger partial charge in [0.1, 0.15) is 5.75 Å². The average molecular weight is 207 g/mol. The number of hydrogen-bond donors (Lipinski definition) is 2. The first-order chi connectivity index (χ1) is 7.26. The van der Waals surface area contributed by atoms with E-state index in [9.17, 15) is 5.11 Å². The van der Waals surface area contributed by atoms with Crippen LogP contribution in [0.5, 0.6) is 5.75 Å². The van der Waals surface area contributed by atoms with Crippen molar-refractivity contribution in [3.63, 3.8) is 0 Å². The van der Waals surface area contributed by atoms with Crippen molar-refractivity contribution < 1.29 is 10.2 Å². The molecule has 0 amide bonds. The van der Waals surface area contributed by atoms with Gasteiger partial charge in [-0.3, -0.25) is 4.90 Å². The third-order valence-electron chi connectivity index (χ3n) is 2.12. The summed E-state index contributed by atoms with van der Waals surface area (Å²) in [5, 5.41) is 18.2. The van der Waals surface area contributed by atoms with Gasteiger partial charge in [-0.2, -0.15) is 0 Å². The normalized spacial score (nSPS) is 10.5. The largest absolute Gasteiger partial charge is 0.508 e. The van der Waals surface area contributed by atoms with E-state index in [4.69, 9.17) is 5.11 Å². The van der Waals surface area contributed by atoms with Gasteiger partial charge >= 0.3 is 0 Å². The molecule has 0 aliphatic rings. The fraction of sp³-hybridized carbons (Fsp3) is 0.333. The fourth-order valence-corrected chi connectivity index (χ4v) is 1.47. The maximum absolute atomic E-state index is 9.30. The van der Waals surface area contributed by atoms with Crippen LogP contribution in [0.1, 0.15) is 5.56 Å². The summed E-state index contributed by atoms with van der Waals surface area (Å²) >= 11 is 0. The Bertz CT molecular complexity index is 312. The van der Waals surface area contributed by atoms with Gasteiger partial charge in [0.25, 0.3) is 0 Å². The molecular formula is C12H17NO2. The van der Waals surface area contributed by atoms with Gasteiger partial charge in [0, 0.05) is 19.6 Å². The van der Waals surface area contributed by atoms with Gasteiger partial charge in [-0.05, 0) is 17.7 Å². The second kappa shape index (κ2) is 6.22. The van der Waals surface area contributed by atoms with E-state index in [0.717, 1.165) is 12.1 Å². The fourth-order valence-electron chi connectivity index (χ4n) is 1.47. The highest BCUT2D eigenvalue weighted by Crippen LogP contribution is 2.12. The van der Waals surface area contributed by atoms with Crippen LogP contribution in [0.15, 0.2) is 36.9 Å². The van der Waals surface area contributed by atoms with Crippen LogP contribution in [0, 0.1) is 0 Å². The Morgan fingerprint density at radius 2 is 2.20 bits per heavy atom. The van der Waals surface area contributed by atoms with E-state index >= 15 is 0 Å². The monoisotopic (exact) mass is 207 g/mol. The molecule has 0 atom stereocenters. The van der Waals surface area contributed by atoms with Crippen LogP contribution in [0.25, 0.3) is 0 Å². The zero-order valence-electron chi connectivity index (χ0n) is 8.76. The summed E-state index contributed by atoms with van der Waals surface area (Å²) < 4.78 is 0. The summed E-state index contributed by atoms with van der Waals surface area (Å²) in [7, 11) is 0. The van der Waals surface area contributed by atoms with Gasteiger partial charge in [-0.15, -0.1) is 6.58 Å². The number of hydrogen-bond acceptors (Lipinski definition) is 3.